The van der Waals surface area contributed by atoms with Crippen molar-refractivity contribution in [3.8, 4) is 0 Å². The molecule has 0 saturated carbocycles. The van der Waals surface area contributed by atoms with E-state index in [1.54, 1.807) is 0 Å². The number of carboxylic acids is 1. The number of ether oxygens (including phenoxy) is 1. The summed E-state index contributed by atoms with van der Waals surface area (Å²) in [7, 11) is 0. The van der Waals surface area contributed by atoms with E-state index in [9.17, 15) is 14.4 Å². The number of aromatic carboxylic acids is 1. The van der Waals surface area contributed by atoms with Crippen LogP contribution in [0.15, 0.2) is 29.7 Å². The highest BCUT2D eigenvalue weighted by molar-refractivity contribution is 5.90. The molecule has 1 rings (SSSR count). The number of carbonyl (C=O) groups excluding carboxylic acids is 1. The lowest BCUT2D eigenvalue weighted by molar-refractivity contribution is 0.0696. The lowest BCUT2D eigenvalue weighted by Crippen LogP contribution is -2.21. The fourth-order valence-electron chi connectivity index (χ4n) is 0.981. The van der Waals surface area contributed by atoms with Gasteiger partial charge in [0.2, 0.25) is 0 Å². The molecule has 0 saturated heterocycles. The maximum atomic E-state index is 11.3. The molecule has 0 atom stereocenters. The average Bonchev–Trinajstić information content (AvgIpc) is 2.29. The van der Waals surface area contributed by atoms with Crippen molar-refractivity contribution in [2.75, 3.05) is 11.9 Å². The van der Waals surface area contributed by atoms with Crippen molar-refractivity contribution in [2.45, 2.75) is 0 Å². The SMILES string of the molecule is C=CCOC(=O)Nc1cc(C(=O)O)c[nH]c1=O. The highest BCUT2D eigenvalue weighted by Gasteiger charge is 2.10. The normalized spacial score (nSPS) is 9.41. The number of nitrogens with one attached hydrogen (secondary N) is 2. The van der Waals surface area contributed by atoms with Crippen LogP contribution >= 0.6 is 0 Å². The van der Waals surface area contributed by atoms with E-state index in [4.69, 9.17) is 5.11 Å². The van der Waals surface area contributed by atoms with Gasteiger partial charge in [-0.05, 0) is 6.07 Å². The molecule has 1 heterocycles. The Kier molecular flexibility index (Phi) is 4.04. The number of carbonyl (C=O) groups is 2. The van der Waals surface area contributed by atoms with Gasteiger partial charge in [-0.25, -0.2) is 9.59 Å². The van der Waals surface area contributed by atoms with Crippen LogP contribution in [0.5, 0.6) is 0 Å². The molecule has 7 heteroatoms. The third-order valence-electron chi connectivity index (χ3n) is 1.72. The van der Waals surface area contributed by atoms with E-state index in [1.165, 1.54) is 6.08 Å². The Morgan fingerprint density at radius 2 is 2.29 bits per heavy atom. The second kappa shape index (κ2) is 5.50. The van der Waals surface area contributed by atoms with Crippen LogP contribution in [0.2, 0.25) is 0 Å². The summed E-state index contributed by atoms with van der Waals surface area (Å²) in [6.07, 6.45) is 1.53. The lowest BCUT2D eigenvalue weighted by atomic mass is 10.2. The van der Waals surface area contributed by atoms with Crippen LogP contribution in [0.25, 0.3) is 0 Å². The number of aromatic amines is 1. The first-order chi connectivity index (χ1) is 8.04. The van der Waals surface area contributed by atoms with Crippen LogP contribution in [0.1, 0.15) is 10.4 Å². The van der Waals surface area contributed by atoms with E-state index in [0.29, 0.717) is 0 Å². The zero-order chi connectivity index (χ0) is 12.8. The zero-order valence-electron chi connectivity index (χ0n) is 8.73. The maximum absolute atomic E-state index is 11.3. The molecule has 0 aliphatic carbocycles. The van der Waals surface area contributed by atoms with Gasteiger partial charge >= 0.3 is 12.1 Å². The summed E-state index contributed by atoms with van der Waals surface area (Å²) in [6.45, 7) is 3.33. The summed E-state index contributed by atoms with van der Waals surface area (Å²) in [5.74, 6) is -1.22. The summed E-state index contributed by atoms with van der Waals surface area (Å²) in [6, 6.07) is 1.04. The fraction of sp³-hybridized carbons (Fsp3) is 0.100. The molecule has 0 radical (unpaired) electrons. The highest BCUT2D eigenvalue weighted by atomic mass is 16.5. The summed E-state index contributed by atoms with van der Waals surface area (Å²) < 4.78 is 4.58. The average molecular weight is 238 g/mol. The van der Waals surface area contributed by atoms with Crippen molar-refractivity contribution in [3.05, 3.63) is 40.8 Å². The topological polar surface area (TPSA) is 108 Å². The van der Waals surface area contributed by atoms with E-state index in [1.807, 2.05) is 0 Å². The second-order valence-electron chi connectivity index (χ2n) is 2.95. The molecular weight excluding hydrogens is 228 g/mol. The van der Waals surface area contributed by atoms with Gasteiger partial charge in [0.05, 0.1) is 5.56 Å². The van der Waals surface area contributed by atoms with E-state index in [-0.39, 0.29) is 17.9 Å². The molecule has 0 aliphatic heterocycles. The van der Waals surface area contributed by atoms with Crippen LogP contribution in [-0.4, -0.2) is 28.8 Å². The van der Waals surface area contributed by atoms with Crippen LogP contribution in [0, 0.1) is 0 Å². The van der Waals surface area contributed by atoms with E-state index < -0.39 is 17.6 Å². The number of amides is 1. The number of carboxylic acid groups (broad SMARTS) is 1. The Bertz CT molecular complexity index is 506. The molecule has 0 aromatic carbocycles. The molecule has 1 aromatic heterocycles. The summed E-state index contributed by atoms with van der Waals surface area (Å²) in [4.78, 5) is 35.2. The molecule has 90 valence electrons. The van der Waals surface area contributed by atoms with Crippen molar-refractivity contribution in [2.24, 2.45) is 0 Å². The molecule has 0 unspecified atom stereocenters. The highest BCUT2D eigenvalue weighted by Crippen LogP contribution is 2.04. The van der Waals surface area contributed by atoms with Crippen LogP contribution in [0.3, 0.4) is 0 Å². The van der Waals surface area contributed by atoms with E-state index in [2.05, 4.69) is 21.6 Å². The Labute approximate surface area is 95.7 Å². The van der Waals surface area contributed by atoms with Crippen LogP contribution in [0.4, 0.5) is 10.5 Å². The number of hydrogen-bond acceptors (Lipinski definition) is 4. The quantitative estimate of drug-likeness (QED) is 0.672. The smallest absolute Gasteiger partial charge is 0.412 e. The minimum Gasteiger partial charge on any atom is -0.478 e. The first-order valence-electron chi connectivity index (χ1n) is 4.55. The molecule has 17 heavy (non-hydrogen) atoms. The second-order valence-corrected chi connectivity index (χ2v) is 2.95. The van der Waals surface area contributed by atoms with Gasteiger partial charge in [-0.3, -0.25) is 10.1 Å². The van der Waals surface area contributed by atoms with Crippen LogP contribution < -0.4 is 10.9 Å². The summed E-state index contributed by atoms with van der Waals surface area (Å²) >= 11 is 0. The third kappa shape index (κ3) is 3.49. The minimum absolute atomic E-state index is 0.0115. The predicted molar refractivity (Wildman–Crippen MR) is 59.2 cm³/mol. The number of rotatable bonds is 4. The monoisotopic (exact) mass is 238 g/mol. The number of anilines is 1. The van der Waals surface area contributed by atoms with Crippen molar-refractivity contribution in [1.29, 1.82) is 0 Å². The van der Waals surface area contributed by atoms with Gasteiger partial charge in [0.1, 0.15) is 12.3 Å². The number of pyridine rings is 1. The van der Waals surface area contributed by atoms with E-state index >= 15 is 0 Å². The van der Waals surface area contributed by atoms with Crippen molar-refractivity contribution < 1.29 is 19.4 Å². The third-order valence-corrected chi connectivity index (χ3v) is 1.72. The molecule has 0 fully saturated rings. The largest absolute Gasteiger partial charge is 0.478 e. The van der Waals surface area contributed by atoms with Crippen molar-refractivity contribution >= 4 is 17.7 Å². The lowest BCUT2D eigenvalue weighted by Gasteiger charge is -2.04. The molecule has 3 N–H and O–H groups in total. The molecule has 0 bridgehead atoms. The molecular formula is C10H10N2O5. The Balaban J connectivity index is 2.86. The Morgan fingerprint density at radius 1 is 1.59 bits per heavy atom. The first kappa shape index (κ1) is 12.5. The summed E-state index contributed by atoms with van der Waals surface area (Å²) in [5.41, 5.74) is -0.965. The van der Waals surface area contributed by atoms with Crippen molar-refractivity contribution in [3.63, 3.8) is 0 Å². The van der Waals surface area contributed by atoms with Gasteiger partial charge in [-0.2, -0.15) is 0 Å². The van der Waals surface area contributed by atoms with Gasteiger partial charge in [-0.15, -0.1) is 0 Å². The Morgan fingerprint density at radius 3 is 2.88 bits per heavy atom. The Hall–Kier alpha value is -2.57. The van der Waals surface area contributed by atoms with Gasteiger partial charge in [0, 0.05) is 6.20 Å². The standard InChI is InChI=1S/C10H10N2O5/c1-2-3-17-10(16)12-7-4-6(9(14)15)5-11-8(7)13/h2,4-5H,1,3H2,(H,11,13)(H,12,16)(H,14,15). The molecule has 7 nitrogen and oxygen atoms in total. The molecule has 0 aliphatic rings. The van der Waals surface area contributed by atoms with Gasteiger partial charge < -0.3 is 14.8 Å². The number of hydrogen-bond donors (Lipinski definition) is 3. The number of aromatic nitrogens is 1. The fourth-order valence-corrected chi connectivity index (χ4v) is 0.981. The molecule has 1 amide bonds. The zero-order valence-corrected chi connectivity index (χ0v) is 8.73. The minimum atomic E-state index is -1.22. The maximum Gasteiger partial charge on any atom is 0.412 e. The van der Waals surface area contributed by atoms with Gasteiger partial charge in [-0.1, -0.05) is 12.7 Å². The van der Waals surface area contributed by atoms with Crippen LogP contribution in [-0.2, 0) is 4.74 Å². The van der Waals surface area contributed by atoms with E-state index in [0.717, 1.165) is 12.3 Å². The van der Waals surface area contributed by atoms with Gasteiger partial charge in [0.25, 0.3) is 5.56 Å². The summed E-state index contributed by atoms with van der Waals surface area (Å²) in [5, 5.41) is 10.8. The predicted octanol–water partition coefficient (Wildman–Crippen LogP) is 0.808. The van der Waals surface area contributed by atoms with Gasteiger partial charge in [0.15, 0.2) is 0 Å². The van der Waals surface area contributed by atoms with Crippen molar-refractivity contribution in [1.82, 2.24) is 4.98 Å². The first-order valence-corrected chi connectivity index (χ1v) is 4.55. The molecule has 0 spiro atoms. The molecule has 1 aromatic rings. The number of H-pyrrole nitrogens is 1.